The van der Waals surface area contributed by atoms with Crippen LogP contribution in [0.4, 0.5) is 0 Å². The first kappa shape index (κ1) is 38.1. The highest BCUT2D eigenvalue weighted by molar-refractivity contribution is 5.95. The van der Waals surface area contributed by atoms with Crippen LogP contribution < -0.4 is 18.9 Å². The van der Waals surface area contributed by atoms with Crippen LogP contribution >= 0.6 is 0 Å². The monoisotopic (exact) mass is 682 g/mol. The van der Waals surface area contributed by atoms with Crippen LogP contribution in [0.5, 0.6) is 23.0 Å². The summed E-state index contributed by atoms with van der Waals surface area (Å²) in [5, 5.41) is 17.8. The molecule has 0 unspecified atom stereocenters. The highest BCUT2D eigenvalue weighted by Crippen LogP contribution is 2.39. The highest BCUT2D eigenvalue weighted by Gasteiger charge is 2.21. The SMILES string of the molecule is O=C(Oc1cccc(-c2ccccc2)c1OC(=O)c1ccc(OCCCCCCCCO)cc1)c1ccc(OCCCCCCCCO)cc1. The Morgan fingerprint density at radius 3 is 1.42 bits per heavy atom. The molecule has 0 spiro atoms. The van der Waals surface area contributed by atoms with Gasteiger partial charge in [0, 0.05) is 18.8 Å². The minimum atomic E-state index is -0.591. The van der Waals surface area contributed by atoms with Crippen molar-refractivity contribution >= 4 is 11.9 Å². The number of para-hydroxylation sites is 1. The number of rotatable bonds is 23. The van der Waals surface area contributed by atoms with Crippen LogP contribution in [-0.4, -0.2) is 48.6 Å². The molecule has 8 nitrogen and oxygen atoms in total. The van der Waals surface area contributed by atoms with Crippen molar-refractivity contribution in [3.05, 3.63) is 108 Å². The Kier molecular flexibility index (Phi) is 16.9. The molecule has 50 heavy (non-hydrogen) atoms. The average Bonchev–Trinajstić information content (AvgIpc) is 3.15. The van der Waals surface area contributed by atoms with Gasteiger partial charge in [0.1, 0.15) is 11.5 Å². The highest BCUT2D eigenvalue weighted by atomic mass is 16.6. The van der Waals surface area contributed by atoms with Gasteiger partial charge < -0.3 is 29.2 Å². The number of carbonyl (C=O) groups excluding carboxylic acids is 2. The molecular weight excluding hydrogens is 632 g/mol. The second kappa shape index (κ2) is 22.1. The molecule has 0 saturated carbocycles. The van der Waals surface area contributed by atoms with Crippen LogP contribution in [0.3, 0.4) is 0 Å². The Bertz CT molecular complexity index is 1550. The lowest BCUT2D eigenvalue weighted by atomic mass is 10.0. The minimum Gasteiger partial charge on any atom is -0.494 e. The van der Waals surface area contributed by atoms with Gasteiger partial charge in [-0.25, -0.2) is 9.59 Å². The van der Waals surface area contributed by atoms with Crippen LogP contribution in [0.25, 0.3) is 11.1 Å². The molecular formula is C42H50O8. The molecule has 0 fully saturated rings. The molecule has 4 aromatic rings. The van der Waals surface area contributed by atoms with E-state index in [4.69, 9.17) is 29.2 Å². The number of ether oxygens (including phenoxy) is 4. The lowest BCUT2D eigenvalue weighted by molar-refractivity contribution is 0.0683. The normalized spacial score (nSPS) is 10.8. The number of hydrogen-bond acceptors (Lipinski definition) is 8. The van der Waals surface area contributed by atoms with Gasteiger partial charge in [0.2, 0.25) is 0 Å². The van der Waals surface area contributed by atoms with Crippen molar-refractivity contribution < 1.29 is 38.7 Å². The van der Waals surface area contributed by atoms with Gasteiger partial charge >= 0.3 is 11.9 Å². The Morgan fingerprint density at radius 2 is 0.920 bits per heavy atom. The Labute approximate surface area is 296 Å². The lowest BCUT2D eigenvalue weighted by Gasteiger charge is -2.15. The van der Waals surface area contributed by atoms with E-state index in [0.717, 1.165) is 82.6 Å². The van der Waals surface area contributed by atoms with Crippen molar-refractivity contribution in [2.24, 2.45) is 0 Å². The Balaban J connectivity index is 1.36. The molecule has 266 valence electrons. The van der Waals surface area contributed by atoms with E-state index < -0.39 is 11.9 Å². The molecule has 0 aliphatic carbocycles. The summed E-state index contributed by atoms with van der Waals surface area (Å²) in [4.78, 5) is 26.7. The predicted octanol–water partition coefficient (Wildman–Crippen LogP) is 9.22. The summed E-state index contributed by atoms with van der Waals surface area (Å²) in [6.07, 6.45) is 12.3. The maximum atomic E-state index is 13.4. The number of aliphatic hydroxyl groups excluding tert-OH is 2. The number of aliphatic hydroxyl groups is 2. The minimum absolute atomic E-state index is 0.125. The largest absolute Gasteiger partial charge is 0.494 e. The standard InChI is InChI=1S/C42H50O8/c43-29-12-5-1-3-7-14-31-47-36-25-21-34(22-26-36)41(45)49-39-20-16-19-38(33-17-10-9-11-18-33)40(39)50-42(46)35-23-27-37(28-24-35)48-32-15-8-4-2-6-13-30-44/h9-11,16-28,43-44H,1-8,12-15,29-32H2. The smallest absolute Gasteiger partial charge is 0.343 e. The fraction of sp³-hybridized carbons (Fsp3) is 0.381. The zero-order valence-electron chi connectivity index (χ0n) is 28.9. The fourth-order valence-corrected chi connectivity index (χ4v) is 5.45. The molecule has 8 heteroatoms. The zero-order valence-corrected chi connectivity index (χ0v) is 28.9. The topological polar surface area (TPSA) is 112 Å². The maximum Gasteiger partial charge on any atom is 0.343 e. The third kappa shape index (κ3) is 13.0. The summed E-state index contributed by atoms with van der Waals surface area (Å²) in [5.74, 6) is 0.431. The molecule has 4 rings (SSSR count). The summed E-state index contributed by atoms with van der Waals surface area (Å²) in [6, 6.07) is 28.3. The van der Waals surface area contributed by atoms with Gasteiger partial charge in [-0.05, 0) is 85.8 Å². The van der Waals surface area contributed by atoms with E-state index in [-0.39, 0.29) is 24.7 Å². The van der Waals surface area contributed by atoms with E-state index in [1.165, 1.54) is 0 Å². The molecule has 0 amide bonds. The zero-order chi connectivity index (χ0) is 35.2. The quantitative estimate of drug-likeness (QED) is 0.0453. The van der Waals surface area contributed by atoms with Crippen LogP contribution in [-0.2, 0) is 0 Å². The predicted molar refractivity (Wildman–Crippen MR) is 195 cm³/mol. The van der Waals surface area contributed by atoms with Crippen molar-refractivity contribution in [1.82, 2.24) is 0 Å². The Morgan fingerprint density at radius 1 is 0.460 bits per heavy atom. The number of carbonyl (C=O) groups is 2. The number of benzene rings is 4. The summed E-state index contributed by atoms with van der Waals surface area (Å²) >= 11 is 0. The molecule has 0 aliphatic heterocycles. The van der Waals surface area contributed by atoms with E-state index in [2.05, 4.69) is 0 Å². The molecule has 0 radical (unpaired) electrons. The van der Waals surface area contributed by atoms with E-state index in [9.17, 15) is 9.59 Å². The fourth-order valence-electron chi connectivity index (χ4n) is 5.45. The molecule has 0 atom stereocenters. The molecule has 0 aliphatic rings. The van der Waals surface area contributed by atoms with Crippen molar-refractivity contribution in [1.29, 1.82) is 0 Å². The van der Waals surface area contributed by atoms with Crippen molar-refractivity contribution in [2.75, 3.05) is 26.4 Å². The molecule has 4 aromatic carbocycles. The van der Waals surface area contributed by atoms with Gasteiger partial charge in [0.05, 0.1) is 24.3 Å². The summed E-state index contributed by atoms with van der Waals surface area (Å²) < 4.78 is 23.5. The van der Waals surface area contributed by atoms with Gasteiger partial charge in [-0.3, -0.25) is 0 Å². The van der Waals surface area contributed by atoms with Crippen molar-refractivity contribution in [3.63, 3.8) is 0 Å². The van der Waals surface area contributed by atoms with Crippen molar-refractivity contribution in [3.8, 4) is 34.1 Å². The number of unbranched alkanes of at least 4 members (excludes halogenated alkanes) is 10. The van der Waals surface area contributed by atoms with E-state index in [1.807, 2.05) is 36.4 Å². The van der Waals surface area contributed by atoms with Crippen LogP contribution in [0.1, 0.15) is 97.8 Å². The molecule has 0 heterocycles. The van der Waals surface area contributed by atoms with Crippen molar-refractivity contribution in [2.45, 2.75) is 77.0 Å². The van der Waals surface area contributed by atoms with Crippen LogP contribution in [0.15, 0.2) is 97.1 Å². The number of hydrogen-bond donors (Lipinski definition) is 2. The van der Waals surface area contributed by atoms with Gasteiger partial charge in [-0.1, -0.05) is 93.8 Å². The third-order valence-electron chi connectivity index (χ3n) is 8.28. The van der Waals surface area contributed by atoms with Gasteiger partial charge in [-0.15, -0.1) is 0 Å². The van der Waals surface area contributed by atoms with Gasteiger partial charge in [0.25, 0.3) is 0 Å². The van der Waals surface area contributed by atoms with E-state index in [0.29, 0.717) is 41.4 Å². The van der Waals surface area contributed by atoms with Crippen LogP contribution in [0.2, 0.25) is 0 Å². The van der Waals surface area contributed by atoms with Gasteiger partial charge in [0.15, 0.2) is 11.5 Å². The first-order valence-electron chi connectivity index (χ1n) is 17.9. The lowest BCUT2D eigenvalue weighted by Crippen LogP contribution is -2.13. The molecule has 0 bridgehead atoms. The first-order valence-corrected chi connectivity index (χ1v) is 17.9. The second-order valence-electron chi connectivity index (χ2n) is 12.2. The maximum absolute atomic E-state index is 13.4. The molecule has 0 saturated heterocycles. The first-order chi connectivity index (χ1) is 24.6. The van der Waals surface area contributed by atoms with E-state index in [1.54, 1.807) is 60.7 Å². The van der Waals surface area contributed by atoms with Crippen LogP contribution in [0, 0.1) is 0 Å². The second-order valence-corrected chi connectivity index (χ2v) is 12.2. The summed E-state index contributed by atoms with van der Waals surface area (Å²) in [5.41, 5.74) is 2.08. The third-order valence-corrected chi connectivity index (χ3v) is 8.28. The van der Waals surface area contributed by atoms with Gasteiger partial charge in [-0.2, -0.15) is 0 Å². The number of esters is 2. The summed E-state index contributed by atoms with van der Waals surface area (Å²) in [6.45, 7) is 1.68. The molecule has 2 N–H and O–H groups in total. The molecule has 0 aromatic heterocycles. The summed E-state index contributed by atoms with van der Waals surface area (Å²) in [7, 11) is 0. The van der Waals surface area contributed by atoms with E-state index >= 15 is 0 Å². The Hall–Kier alpha value is -4.66. The average molecular weight is 683 g/mol.